The van der Waals surface area contributed by atoms with Gasteiger partial charge in [0.1, 0.15) is 11.6 Å². The summed E-state index contributed by atoms with van der Waals surface area (Å²) in [6, 6.07) is 3.27. The number of nitrogens with one attached hydrogen (secondary N) is 1. The summed E-state index contributed by atoms with van der Waals surface area (Å²) in [7, 11) is 0. The Balaban J connectivity index is 0.00000220. The maximum atomic E-state index is 13.5. The summed E-state index contributed by atoms with van der Waals surface area (Å²) in [5, 5.41) is 13.6. The molecule has 1 heterocycles. The largest absolute Gasteiger partial charge is 0.506 e. The van der Waals surface area contributed by atoms with Crippen LogP contribution in [-0.2, 0) is 0 Å². The van der Waals surface area contributed by atoms with E-state index in [0.717, 1.165) is 38.2 Å². The second-order valence-electron chi connectivity index (χ2n) is 5.73. The Labute approximate surface area is 152 Å². The lowest BCUT2D eigenvalue weighted by molar-refractivity contribution is 0.151. The molecule has 1 aromatic carbocycles. The highest BCUT2D eigenvalue weighted by atomic mass is 79.9. The number of halogens is 4. The fourth-order valence-electron chi connectivity index (χ4n) is 2.74. The number of aromatic hydroxyl groups is 1. The Bertz CT molecular complexity index is 471. The van der Waals surface area contributed by atoms with Crippen molar-refractivity contribution in [2.75, 3.05) is 26.2 Å². The summed E-state index contributed by atoms with van der Waals surface area (Å²) >= 11 is 3.13. The predicted molar refractivity (Wildman–Crippen MR) is 96.9 cm³/mol. The smallest absolute Gasteiger partial charge is 0.141 e. The van der Waals surface area contributed by atoms with Crippen LogP contribution in [-0.4, -0.2) is 36.2 Å². The minimum absolute atomic E-state index is 0. The number of benzene rings is 1. The molecule has 0 unspecified atom stereocenters. The van der Waals surface area contributed by atoms with Gasteiger partial charge in [-0.05, 0) is 34.3 Å². The minimum atomic E-state index is -0.421. The van der Waals surface area contributed by atoms with E-state index in [1.165, 1.54) is 6.07 Å². The Morgan fingerprint density at radius 2 is 1.86 bits per heavy atom. The zero-order valence-corrected chi connectivity index (χ0v) is 16.0. The molecule has 0 amide bonds. The van der Waals surface area contributed by atoms with E-state index in [-0.39, 0.29) is 41.1 Å². The van der Waals surface area contributed by atoms with Crippen LogP contribution in [0.15, 0.2) is 16.6 Å². The lowest BCUT2D eigenvalue weighted by Gasteiger charge is -2.36. The van der Waals surface area contributed by atoms with Crippen LogP contribution in [0.2, 0.25) is 0 Å². The molecule has 1 fully saturated rings. The van der Waals surface area contributed by atoms with E-state index in [1.807, 2.05) is 0 Å². The van der Waals surface area contributed by atoms with Crippen LogP contribution in [0.4, 0.5) is 4.39 Å². The summed E-state index contributed by atoms with van der Waals surface area (Å²) in [6.45, 7) is 8.16. The average Bonchev–Trinajstić information content (AvgIpc) is 2.44. The van der Waals surface area contributed by atoms with Gasteiger partial charge in [-0.1, -0.05) is 19.9 Å². The van der Waals surface area contributed by atoms with Crippen LogP contribution < -0.4 is 5.32 Å². The van der Waals surface area contributed by atoms with Crippen molar-refractivity contribution in [2.45, 2.75) is 26.3 Å². The molecule has 0 aliphatic carbocycles. The summed E-state index contributed by atoms with van der Waals surface area (Å²) in [5.41, 5.74) is 0.814. The first kappa shape index (κ1) is 21.9. The first-order valence-corrected chi connectivity index (χ1v) is 7.91. The molecule has 2 N–H and O–H groups in total. The Kier molecular flexibility index (Phi) is 9.90. The average molecular weight is 418 g/mol. The van der Waals surface area contributed by atoms with Crippen LogP contribution >= 0.6 is 40.7 Å². The molecule has 0 bridgehead atoms. The molecule has 1 aromatic rings. The molecular weight excluding hydrogens is 394 g/mol. The maximum absolute atomic E-state index is 13.5. The standard InChI is InChI=1S/C15H22BrFN2O.2ClH/c1-10(2)9-13(19-7-5-18-6-8-19)11-3-4-12(17)14(16)15(11)20;;/h3-4,10,13,18,20H,5-9H2,1-2H3;2*1H/t13-;;/m0../s1. The van der Waals surface area contributed by atoms with Crippen LogP contribution in [0, 0.1) is 11.7 Å². The van der Waals surface area contributed by atoms with Gasteiger partial charge in [0.25, 0.3) is 0 Å². The van der Waals surface area contributed by atoms with E-state index >= 15 is 0 Å². The molecule has 0 spiro atoms. The molecule has 0 saturated carbocycles. The van der Waals surface area contributed by atoms with Gasteiger partial charge in [-0.3, -0.25) is 4.90 Å². The van der Waals surface area contributed by atoms with Crippen LogP contribution in [0.5, 0.6) is 5.75 Å². The number of phenols is 1. The Morgan fingerprint density at radius 1 is 1.27 bits per heavy atom. The van der Waals surface area contributed by atoms with Gasteiger partial charge < -0.3 is 10.4 Å². The van der Waals surface area contributed by atoms with Gasteiger partial charge in [0.2, 0.25) is 0 Å². The van der Waals surface area contributed by atoms with Gasteiger partial charge in [-0.25, -0.2) is 4.39 Å². The second-order valence-corrected chi connectivity index (χ2v) is 6.52. The molecule has 2 rings (SSSR count). The van der Waals surface area contributed by atoms with Crippen molar-refractivity contribution in [2.24, 2.45) is 5.92 Å². The molecule has 1 saturated heterocycles. The van der Waals surface area contributed by atoms with Crippen molar-refractivity contribution in [1.29, 1.82) is 0 Å². The fourth-order valence-corrected chi connectivity index (χ4v) is 3.10. The third kappa shape index (κ3) is 5.24. The molecule has 128 valence electrons. The van der Waals surface area contributed by atoms with Crippen molar-refractivity contribution in [3.05, 3.63) is 28.0 Å². The highest BCUT2D eigenvalue weighted by molar-refractivity contribution is 9.10. The van der Waals surface area contributed by atoms with Crippen molar-refractivity contribution in [3.8, 4) is 5.75 Å². The zero-order valence-electron chi connectivity index (χ0n) is 12.8. The molecular formula is C15H24BrCl2FN2O. The fraction of sp³-hybridized carbons (Fsp3) is 0.600. The third-order valence-corrected chi connectivity index (χ3v) is 4.50. The van der Waals surface area contributed by atoms with E-state index in [2.05, 4.69) is 40.0 Å². The quantitative estimate of drug-likeness (QED) is 0.772. The topological polar surface area (TPSA) is 35.5 Å². The first-order chi connectivity index (χ1) is 9.50. The van der Waals surface area contributed by atoms with Gasteiger partial charge in [0.15, 0.2) is 0 Å². The lowest BCUT2D eigenvalue weighted by atomic mass is 9.94. The molecule has 3 nitrogen and oxygen atoms in total. The number of piperazine rings is 1. The molecule has 0 radical (unpaired) electrons. The SMILES string of the molecule is CC(C)C[C@@H](c1ccc(F)c(Br)c1O)N1CCNCC1.Cl.Cl. The molecule has 0 aromatic heterocycles. The monoisotopic (exact) mass is 416 g/mol. The van der Waals surface area contributed by atoms with Crippen molar-refractivity contribution in [3.63, 3.8) is 0 Å². The van der Waals surface area contributed by atoms with E-state index < -0.39 is 5.82 Å². The van der Waals surface area contributed by atoms with E-state index in [9.17, 15) is 9.50 Å². The van der Waals surface area contributed by atoms with E-state index in [4.69, 9.17) is 0 Å². The lowest BCUT2D eigenvalue weighted by Crippen LogP contribution is -2.45. The number of rotatable bonds is 4. The Hall–Kier alpha value is -0.0700. The van der Waals surface area contributed by atoms with E-state index in [1.54, 1.807) is 6.07 Å². The van der Waals surface area contributed by atoms with Crippen molar-refractivity contribution in [1.82, 2.24) is 10.2 Å². The molecule has 1 atom stereocenters. The third-order valence-electron chi connectivity index (χ3n) is 3.75. The van der Waals surface area contributed by atoms with Crippen LogP contribution in [0.1, 0.15) is 31.9 Å². The molecule has 7 heteroatoms. The number of nitrogens with zero attached hydrogens (tertiary/aromatic N) is 1. The second kappa shape index (κ2) is 9.93. The Morgan fingerprint density at radius 3 is 2.41 bits per heavy atom. The van der Waals surface area contributed by atoms with Gasteiger partial charge in [-0.15, -0.1) is 24.8 Å². The summed E-state index contributed by atoms with van der Waals surface area (Å²) in [5.74, 6) is 0.127. The highest BCUT2D eigenvalue weighted by Gasteiger charge is 2.26. The van der Waals surface area contributed by atoms with Crippen LogP contribution in [0.25, 0.3) is 0 Å². The first-order valence-electron chi connectivity index (χ1n) is 7.12. The van der Waals surface area contributed by atoms with Gasteiger partial charge in [-0.2, -0.15) is 0 Å². The molecule has 1 aliphatic rings. The zero-order chi connectivity index (χ0) is 14.7. The normalized spacial score (nSPS) is 16.8. The van der Waals surface area contributed by atoms with Gasteiger partial charge in [0.05, 0.1) is 4.47 Å². The van der Waals surface area contributed by atoms with Gasteiger partial charge >= 0.3 is 0 Å². The van der Waals surface area contributed by atoms with Gasteiger partial charge in [0, 0.05) is 37.8 Å². The van der Waals surface area contributed by atoms with Crippen LogP contribution in [0.3, 0.4) is 0 Å². The summed E-state index contributed by atoms with van der Waals surface area (Å²) < 4.78 is 13.7. The highest BCUT2D eigenvalue weighted by Crippen LogP contribution is 2.38. The summed E-state index contributed by atoms with van der Waals surface area (Å²) in [6.07, 6.45) is 0.950. The maximum Gasteiger partial charge on any atom is 0.141 e. The predicted octanol–water partition coefficient (Wildman–Crippen LogP) is 4.13. The van der Waals surface area contributed by atoms with Crippen molar-refractivity contribution >= 4 is 40.7 Å². The number of phenolic OH excluding ortho intramolecular Hbond substituents is 1. The number of hydrogen-bond donors (Lipinski definition) is 2. The van der Waals surface area contributed by atoms with E-state index in [0.29, 0.717) is 5.92 Å². The minimum Gasteiger partial charge on any atom is -0.506 e. The van der Waals surface area contributed by atoms with Crippen molar-refractivity contribution < 1.29 is 9.50 Å². The molecule has 1 aliphatic heterocycles. The molecule has 22 heavy (non-hydrogen) atoms. The number of hydrogen-bond acceptors (Lipinski definition) is 3. The summed E-state index contributed by atoms with van der Waals surface area (Å²) in [4.78, 5) is 2.37.